The fraction of sp³-hybridized carbons (Fsp3) is 0.400. The molecule has 9 nitrogen and oxygen atoms in total. The molecule has 2 amide bonds. The summed E-state index contributed by atoms with van der Waals surface area (Å²) in [5.74, 6) is 2.05. The van der Waals surface area contributed by atoms with Crippen LogP contribution >= 0.6 is 0 Å². The van der Waals surface area contributed by atoms with Gasteiger partial charge in [0.25, 0.3) is 0 Å². The fourth-order valence-corrected chi connectivity index (χ4v) is 4.61. The number of ether oxygens (including phenoxy) is 2. The molecule has 4 rings (SSSR count). The van der Waals surface area contributed by atoms with Crippen LogP contribution < -0.4 is 14.4 Å². The van der Waals surface area contributed by atoms with Gasteiger partial charge in [0.15, 0.2) is 17.3 Å². The van der Waals surface area contributed by atoms with Gasteiger partial charge in [-0.3, -0.25) is 9.59 Å². The lowest BCUT2D eigenvalue weighted by molar-refractivity contribution is -0.140. The summed E-state index contributed by atoms with van der Waals surface area (Å²) in [7, 11) is 3.21. The Morgan fingerprint density at radius 2 is 1.64 bits per heavy atom. The van der Waals surface area contributed by atoms with Gasteiger partial charge in [-0.15, -0.1) is 10.2 Å². The highest BCUT2D eigenvalue weighted by Crippen LogP contribution is 2.31. The molecule has 2 aromatic carbocycles. The van der Waals surface area contributed by atoms with E-state index in [9.17, 15) is 9.59 Å². The Balaban J connectivity index is 1.32. The van der Waals surface area contributed by atoms with Crippen LogP contribution in [0.1, 0.15) is 25.3 Å². The first-order chi connectivity index (χ1) is 19.0. The van der Waals surface area contributed by atoms with Crippen LogP contribution in [0.5, 0.6) is 11.5 Å². The third-order valence-electron chi connectivity index (χ3n) is 6.94. The van der Waals surface area contributed by atoms with E-state index in [0.29, 0.717) is 50.6 Å². The molecule has 39 heavy (non-hydrogen) atoms. The van der Waals surface area contributed by atoms with Crippen LogP contribution in [0.2, 0.25) is 0 Å². The maximum absolute atomic E-state index is 13.1. The third-order valence-corrected chi connectivity index (χ3v) is 6.94. The van der Waals surface area contributed by atoms with Gasteiger partial charge in [-0.2, -0.15) is 0 Å². The molecule has 1 aromatic heterocycles. The molecule has 3 aromatic rings. The van der Waals surface area contributed by atoms with Gasteiger partial charge in [-0.25, -0.2) is 0 Å². The Hall–Kier alpha value is -4.14. The van der Waals surface area contributed by atoms with Crippen molar-refractivity contribution in [3.8, 4) is 22.8 Å². The van der Waals surface area contributed by atoms with Crippen molar-refractivity contribution in [1.29, 1.82) is 0 Å². The van der Waals surface area contributed by atoms with Gasteiger partial charge in [-0.05, 0) is 42.3 Å². The molecule has 2 heterocycles. The molecule has 0 unspecified atom stereocenters. The van der Waals surface area contributed by atoms with Crippen LogP contribution in [0.4, 0.5) is 5.82 Å². The first-order valence-electron chi connectivity index (χ1n) is 13.4. The van der Waals surface area contributed by atoms with Crippen molar-refractivity contribution in [2.24, 2.45) is 0 Å². The molecule has 1 aliphatic heterocycles. The molecule has 1 fully saturated rings. The first-order valence-corrected chi connectivity index (χ1v) is 13.4. The van der Waals surface area contributed by atoms with E-state index in [1.807, 2.05) is 65.6 Å². The molecule has 1 aliphatic rings. The molecule has 0 radical (unpaired) electrons. The quantitative estimate of drug-likeness (QED) is 0.373. The van der Waals surface area contributed by atoms with Crippen LogP contribution in [0, 0.1) is 0 Å². The van der Waals surface area contributed by atoms with Gasteiger partial charge in [0.05, 0.1) is 32.9 Å². The van der Waals surface area contributed by atoms with Crippen LogP contribution in [0.25, 0.3) is 11.3 Å². The number of carbonyl (C=O) groups excluding carboxylic acids is 2. The predicted octanol–water partition coefficient (Wildman–Crippen LogP) is 3.68. The number of benzene rings is 2. The van der Waals surface area contributed by atoms with Crippen LogP contribution in [-0.4, -0.2) is 85.3 Å². The molecule has 206 valence electrons. The minimum atomic E-state index is -0.0120. The van der Waals surface area contributed by atoms with Gasteiger partial charge in [-0.1, -0.05) is 43.7 Å². The minimum Gasteiger partial charge on any atom is -0.493 e. The molecule has 0 saturated carbocycles. The highest BCUT2D eigenvalue weighted by molar-refractivity contribution is 5.86. The number of piperazine rings is 1. The number of hydrogen-bond donors (Lipinski definition) is 0. The number of carbonyl (C=O) groups is 2. The largest absolute Gasteiger partial charge is 0.493 e. The third kappa shape index (κ3) is 7.25. The van der Waals surface area contributed by atoms with E-state index in [0.717, 1.165) is 35.5 Å². The lowest BCUT2D eigenvalue weighted by atomic mass is 10.1. The summed E-state index contributed by atoms with van der Waals surface area (Å²) in [5.41, 5.74) is 2.58. The second-order valence-corrected chi connectivity index (χ2v) is 9.55. The number of rotatable bonds is 11. The lowest BCUT2D eigenvalue weighted by Crippen LogP contribution is -2.52. The second-order valence-electron chi connectivity index (χ2n) is 9.55. The van der Waals surface area contributed by atoms with Crippen molar-refractivity contribution in [3.05, 3.63) is 66.2 Å². The molecule has 0 bridgehead atoms. The van der Waals surface area contributed by atoms with Crippen LogP contribution in [0.15, 0.2) is 60.7 Å². The van der Waals surface area contributed by atoms with E-state index in [1.54, 1.807) is 19.1 Å². The Morgan fingerprint density at radius 1 is 0.897 bits per heavy atom. The van der Waals surface area contributed by atoms with Gasteiger partial charge in [0.2, 0.25) is 11.8 Å². The van der Waals surface area contributed by atoms with E-state index in [1.165, 1.54) is 0 Å². The van der Waals surface area contributed by atoms with E-state index in [2.05, 4.69) is 22.0 Å². The fourth-order valence-electron chi connectivity index (χ4n) is 4.61. The van der Waals surface area contributed by atoms with Crippen molar-refractivity contribution < 1.29 is 19.1 Å². The Morgan fingerprint density at radius 3 is 2.28 bits per heavy atom. The van der Waals surface area contributed by atoms with Crippen molar-refractivity contribution in [2.75, 3.05) is 58.4 Å². The minimum absolute atomic E-state index is 0.00789. The zero-order chi connectivity index (χ0) is 27.6. The Labute approximate surface area is 230 Å². The summed E-state index contributed by atoms with van der Waals surface area (Å²) in [6.07, 6.45) is 2.15. The van der Waals surface area contributed by atoms with Crippen molar-refractivity contribution in [1.82, 2.24) is 20.0 Å². The van der Waals surface area contributed by atoms with Gasteiger partial charge in [0.1, 0.15) is 0 Å². The summed E-state index contributed by atoms with van der Waals surface area (Å²) in [4.78, 5) is 31.8. The van der Waals surface area contributed by atoms with E-state index in [-0.39, 0.29) is 18.4 Å². The van der Waals surface area contributed by atoms with Crippen LogP contribution in [-0.2, 0) is 16.0 Å². The van der Waals surface area contributed by atoms with Gasteiger partial charge in [0, 0.05) is 38.3 Å². The molecular weight excluding hydrogens is 494 g/mol. The molecule has 9 heteroatoms. The SMILES string of the molecule is CCCCN(CC(=O)N1CCN(c2ccc(-c3ccc(OC)c(OC)c3)nn2)CC1)C(=O)Cc1ccccc1. The zero-order valence-corrected chi connectivity index (χ0v) is 23.0. The smallest absolute Gasteiger partial charge is 0.242 e. The number of amides is 2. The number of unbranched alkanes of at least 4 members (excludes halogenated alkanes) is 1. The average molecular weight is 532 g/mol. The number of anilines is 1. The number of aromatic nitrogens is 2. The summed E-state index contributed by atoms with van der Waals surface area (Å²) in [5, 5.41) is 8.86. The summed E-state index contributed by atoms with van der Waals surface area (Å²) < 4.78 is 10.7. The predicted molar refractivity (Wildman–Crippen MR) is 151 cm³/mol. The zero-order valence-electron chi connectivity index (χ0n) is 23.0. The molecule has 0 aliphatic carbocycles. The summed E-state index contributed by atoms with van der Waals surface area (Å²) in [6.45, 7) is 5.26. The maximum Gasteiger partial charge on any atom is 0.242 e. The van der Waals surface area contributed by atoms with Crippen LogP contribution in [0.3, 0.4) is 0 Å². The van der Waals surface area contributed by atoms with Gasteiger partial charge < -0.3 is 24.2 Å². The highest BCUT2D eigenvalue weighted by atomic mass is 16.5. The molecular formula is C30H37N5O4. The highest BCUT2D eigenvalue weighted by Gasteiger charge is 2.25. The van der Waals surface area contributed by atoms with Gasteiger partial charge >= 0.3 is 0 Å². The van der Waals surface area contributed by atoms with E-state index >= 15 is 0 Å². The second kappa shape index (κ2) is 13.6. The van der Waals surface area contributed by atoms with Crippen molar-refractivity contribution >= 4 is 17.6 Å². The Bertz CT molecular complexity index is 1230. The maximum atomic E-state index is 13.1. The van der Waals surface area contributed by atoms with Crippen molar-refractivity contribution in [3.63, 3.8) is 0 Å². The normalized spacial score (nSPS) is 13.2. The van der Waals surface area contributed by atoms with E-state index < -0.39 is 0 Å². The number of methoxy groups -OCH3 is 2. The molecule has 0 N–H and O–H groups in total. The average Bonchev–Trinajstić information content (AvgIpc) is 2.99. The topological polar surface area (TPSA) is 88.1 Å². The van der Waals surface area contributed by atoms with Crippen molar-refractivity contribution in [2.45, 2.75) is 26.2 Å². The number of nitrogens with zero attached hydrogens (tertiary/aromatic N) is 5. The lowest BCUT2D eigenvalue weighted by Gasteiger charge is -2.36. The monoisotopic (exact) mass is 531 g/mol. The van der Waals surface area contributed by atoms with E-state index in [4.69, 9.17) is 9.47 Å². The summed E-state index contributed by atoms with van der Waals surface area (Å²) >= 11 is 0. The Kier molecular flexibility index (Phi) is 9.72. The summed E-state index contributed by atoms with van der Waals surface area (Å²) in [6, 6.07) is 19.2. The first kappa shape index (κ1) is 27.9. The molecule has 0 atom stereocenters. The molecule has 1 saturated heterocycles. The standard InChI is InChI=1S/C30H37N5O4/c1-4-5-15-35(29(36)20-23-9-7-6-8-10-23)22-30(37)34-18-16-33(17-19-34)28-14-12-25(31-32-28)24-11-13-26(38-2)27(21-24)39-3/h6-14,21H,4-5,15-20,22H2,1-3H3. The number of hydrogen-bond acceptors (Lipinski definition) is 7. The molecule has 0 spiro atoms.